The van der Waals surface area contributed by atoms with E-state index >= 15 is 0 Å². The number of hydrogen-bond donors (Lipinski definition) is 1. The van der Waals surface area contributed by atoms with Gasteiger partial charge in [0.25, 0.3) is 0 Å². The van der Waals surface area contributed by atoms with E-state index in [2.05, 4.69) is 0 Å². The van der Waals surface area contributed by atoms with Crippen LogP contribution in [0.5, 0.6) is 0 Å². The number of benzene rings is 1. The second-order valence-corrected chi connectivity index (χ2v) is 4.78. The van der Waals surface area contributed by atoms with Crippen LogP contribution in [-0.2, 0) is 16.0 Å². The zero-order valence-electron chi connectivity index (χ0n) is 11.3. The summed E-state index contributed by atoms with van der Waals surface area (Å²) < 4.78 is 5.03. The number of aliphatic hydroxyl groups excluding tert-OH is 1. The summed E-state index contributed by atoms with van der Waals surface area (Å²) in [5.41, 5.74) is 1.03. The van der Waals surface area contributed by atoms with Crippen LogP contribution in [0.3, 0.4) is 0 Å². The SMILES string of the molecule is CCOC(=O)C(C(C)C)C(O)Cc1ccccc1. The van der Waals surface area contributed by atoms with Crippen LogP contribution >= 0.6 is 0 Å². The molecular formula is C15H22O3. The summed E-state index contributed by atoms with van der Waals surface area (Å²) in [5, 5.41) is 10.2. The highest BCUT2D eigenvalue weighted by Crippen LogP contribution is 2.20. The quantitative estimate of drug-likeness (QED) is 0.789. The first-order valence-corrected chi connectivity index (χ1v) is 6.44. The second kappa shape index (κ2) is 7.17. The van der Waals surface area contributed by atoms with Gasteiger partial charge in [0.15, 0.2) is 0 Å². The van der Waals surface area contributed by atoms with Gasteiger partial charge in [0.2, 0.25) is 0 Å². The van der Waals surface area contributed by atoms with Crippen LogP contribution in [0.1, 0.15) is 26.3 Å². The number of carbonyl (C=O) groups excluding carboxylic acids is 1. The Morgan fingerprint density at radius 3 is 2.39 bits per heavy atom. The van der Waals surface area contributed by atoms with Crippen molar-refractivity contribution in [3.05, 3.63) is 35.9 Å². The Hall–Kier alpha value is -1.35. The van der Waals surface area contributed by atoms with Gasteiger partial charge < -0.3 is 9.84 Å². The van der Waals surface area contributed by atoms with E-state index in [0.29, 0.717) is 13.0 Å². The van der Waals surface area contributed by atoms with Crippen molar-refractivity contribution in [3.63, 3.8) is 0 Å². The van der Waals surface area contributed by atoms with Crippen molar-refractivity contribution in [2.75, 3.05) is 6.61 Å². The van der Waals surface area contributed by atoms with Crippen LogP contribution in [0.4, 0.5) is 0 Å². The van der Waals surface area contributed by atoms with E-state index in [0.717, 1.165) is 5.56 Å². The Bertz CT molecular complexity index is 359. The molecule has 0 spiro atoms. The van der Waals surface area contributed by atoms with E-state index in [4.69, 9.17) is 4.74 Å². The van der Waals surface area contributed by atoms with Gasteiger partial charge in [0.1, 0.15) is 0 Å². The fourth-order valence-corrected chi connectivity index (χ4v) is 2.09. The molecule has 2 atom stereocenters. The van der Waals surface area contributed by atoms with E-state index in [1.807, 2.05) is 44.2 Å². The second-order valence-electron chi connectivity index (χ2n) is 4.78. The number of rotatable bonds is 6. The van der Waals surface area contributed by atoms with Gasteiger partial charge in [-0.3, -0.25) is 4.79 Å². The zero-order chi connectivity index (χ0) is 13.5. The molecule has 0 aromatic heterocycles. The van der Waals surface area contributed by atoms with Crippen LogP contribution in [0.2, 0.25) is 0 Å². The fraction of sp³-hybridized carbons (Fsp3) is 0.533. The number of hydrogen-bond acceptors (Lipinski definition) is 3. The molecule has 3 nitrogen and oxygen atoms in total. The first kappa shape index (κ1) is 14.7. The lowest BCUT2D eigenvalue weighted by Crippen LogP contribution is -2.35. The molecule has 0 aliphatic rings. The Morgan fingerprint density at radius 2 is 1.89 bits per heavy atom. The Balaban J connectivity index is 2.71. The number of carbonyl (C=O) groups is 1. The summed E-state index contributed by atoms with van der Waals surface area (Å²) in [5.74, 6) is -0.719. The van der Waals surface area contributed by atoms with Gasteiger partial charge in [-0.15, -0.1) is 0 Å². The normalized spacial score (nSPS) is 14.3. The molecule has 0 aliphatic carbocycles. The molecule has 2 unspecified atom stereocenters. The molecule has 0 radical (unpaired) electrons. The molecule has 1 aromatic rings. The minimum absolute atomic E-state index is 0.0581. The Kier molecular flexibility index (Phi) is 5.86. The first-order valence-electron chi connectivity index (χ1n) is 6.44. The summed E-state index contributed by atoms with van der Waals surface area (Å²) >= 11 is 0. The molecule has 0 aliphatic heterocycles. The van der Waals surface area contributed by atoms with Gasteiger partial charge in [-0.05, 0) is 24.8 Å². The van der Waals surface area contributed by atoms with E-state index in [1.165, 1.54) is 0 Å². The maximum Gasteiger partial charge on any atom is 0.311 e. The van der Waals surface area contributed by atoms with Crippen LogP contribution in [0.25, 0.3) is 0 Å². The molecule has 100 valence electrons. The van der Waals surface area contributed by atoms with Crippen molar-refractivity contribution in [1.29, 1.82) is 0 Å². The maximum atomic E-state index is 11.8. The highest BCUT2D eigenvalue weighted by molar-refractivity contribution is 5.73. The highest BCUT2D eigenvalue weighted by Gasteiger charge is 2.31. The smallest absolute Gasteiger partial charge is 0.311 e. The fourth-order valence-electron chi connectivity index (χ4n) is 2.09. The van der Waals surface area contributed by atoms with Gasteiger partial charge in [0, 0.05) is 0 Å². The largest absolute Gasteiger partial charge is 0.466 e. The first-order chi connectivity index (χ1) is 8.56. The minimum Gasteiger partial charge on any atom is -0.466 e. The lowest BCUT2D eigenvalue weighted by atomic mass is 9.87. The van der Waals surface area contributed by atoms with E-state index < -0.39 is 12.0 Å². The Labute approximate surface area is 109 Å². The van der Waals surface area contributed by atoms with Gasteiger partial charge in [-0.2, -0.15) is 0 Å². The average molecular weight is 250 g/mol. The van der Waals surface area contributed by atoms with Gasteiger partial charge in [-0.1, -0.05) is 44.2 Å². The van der Waals surface area contributed by atoms with Crippen LogP contribution in [0, 0.1) is 11.8 Å². The molecule has 0 heterocycles. The molecule has 1 N–H and O–H groups in total. The van der Waals surface area contributed by atoms with Crippen molar-refractivity contribution in [3.8, 4) is 0 Å². The average Bonchev–Trinajstić information content (AvgIpc) is 2.30. The summed E-state index contributed by atoms with van der Waals surface area (Å²) in [4.78, 5) is 11.8. The molecule has 0 bridgehead atoms. The molecule has 18 heavy (non-hydrogen) atoms. The summed E-state index contributed by atoms with van der Waals surface area (Å²) in [6.07, 6.45) is -0.228. The summed E-state index contributed by atoms with van der Waals surface area (Å²) in [6, 6.07) is 9.69. The van der Waals surface area contributed by atoms with Crippen molar-refractivity contribution in [1.82, 2.24) is 0 Å². The van der Waals surface area contributed by atoms with Gasteiger partial charge in [-0.25, -0.2) is 0 Å². The molecular weight excluding hydrogens is 228 g/mol. The minimum atomic E-state index is -0.702. The monoisotopic (exact) mass is 250 g/mol. The lowest BCUT2D eigenvalue weighted by molar-refractivity contribution is -0.154. The van der Waals surface area contributed by atoms with Gasteiger partial charge in [0.05, 0.1) is 18.6 Å². The predicted octanol–water partition coefficient (Wildman–Crippen LogP) is 2.43. The zero-order valence-corrected chi connectivity index (χ0v) is 11.3. The summed E-state index contributed by atoms with van der Waals surface area (Å²) in [6.45, 7) is 5.98. The summed E-state index contributed by atoms with van der Waals surface area (Å²) in [7, 11) is 0. The van der Waals surface area contributed by atoms with E-state index in [9.17, 15) is 9.90 Å². The predicted molar refractivity (Wildman–Crippen MR) is 71.1 cm³/mol. The molecule has 3 heteroatoms. The highest BCUT2D eigenvalue weighted by atomic mass is 16.5. The Morgan fingerprint density at radius 1 is 1.28 bits per heavy atom. The number of esters is 1. The third-order valence-corrected chi connectivity index (χ3v) is 2.98. The third-order valence-electron chi connectivity index (χ3n) is 2.98. The topological polar surface area (TPSA) is 46.5 Å². The van der Waals surface area contributed by atoms with Crippen molar-refractivity contribution < 1.29 is 14.6 Å². The number of ether oxygens (including phenoxy) is 1. The lowest BCUT2D eigenvalue weighted by Gasteiger charge is -2.24. The third kappa shape index (κ3) is 4.15. The van der Waals surface area contributed by atoms with Crippen molar-refractivity contribution in [2.45, 2.75) is 33.3 Å². The van der Waals surface area contributed by atoms with E-state index in [-0.39, 0.29) is 11.9 Å². The van der Waals surface area contributed by atoms with Gasteiger partial charge >= 0.3 is 5.97 Å². The molecule has 1 aromatic carbocycles. The molecule has 0 saturated heterocycles. The van der Waals surface area contributed by atoms with Crippen LogP contribution in [-0.4, -0.2) is 23.8 Å². The standard InChI is InChI=1S/C15H22O3/c1-4-18-15(17)14(11(2)3)13(16)10-12-8-6-5-7-9-12/h5-9,11,13-14,16H,4,10H2,1-3H3. The molecule has 1 rings (SSSR count). The molecule has 0 saturated carbocycles. The molecule has 0 fully saturated rings. The molecule has 0 amide bonds. The van der Waals surface area contributed by atoms with Crippen LogP contribution < -0.4 is 0 Å². The van der Waals surface area contributed by atoms with E-state index in [1.54, 1.807) is 6.92 Å². The van der Waals surface area contributed by atoms with Crippen LogP contribution in [0.15, 0.2) is 30.3 Å². The maximum absolute atomic E-state index is 11.8. The van der Waals surface area contributed by atoms with Crippen molar-refractivity contribution in [2.24, 2.45) is 11.8 Å². The number of aliphatic hydroxyl groups is 1. The van der Waals surface area contributed by atoms with Crippen molar-refractivity contribution >= 4 is 5.97 Å².